The maximum absolute atomic E-state index is 12.8. The third-order valence-corrected chi connectivity index (χ3v) is 3.29. The molecule has 2 rings (SSSR count). The summed E-state index contributed by atoms with van der Waals surface area (Å²) in [6.45, 7) is 5.04. The standard InChI is InChI=1S/C14H14F2N4.CH4/c1-7-5-10(14(15)16)9(3)18-12(7)13-8(2)11(6-17)20(4)19-13;/h5,14H,1-4H3;1H4. The Kier molecular flexibility index (Phi) is 4.79. The van der Waals surface area contributed by atoms with E-state index >= 15 is 0 Å². The minimum atomic E-state index is -2.55. The Bertz CT molecular complexity index is 711. The van der Waals surface area contributed by atoms with Crippen molar-refractivity contribution in [3.63, 3.8) is 0 Å². The van der Waals surface area contributed by atoms with Gasteiger partial charge in [0.25, 0.3) is 6.43 Å². The fraction of sp³-hybridized carbons (Fsp3) is 0.400. The highest BCUT2D eigenvalue weighted by atomic mass is 19.3. The Morgan fingerprint density at radius 2 is 1.86 bits per heavy atom. The summed E-state index contributed by atoms with van der Waals surface area (Å²) >= 11 is 0. The van der Waals surface area contributed by atoms with Gasteiger partial charge < -0.3 is 0 Å². The lowest BCUT2D eigenvalue weighted by Crippen LogP contribution is -2.00. The summed E-state index contributed by atoms with van der Waals surface area (Å²) in [6, 6.07) is 3.50. The molecule has 21 heavy (non-hydrogen) atoms. The van der Waals surface area contributed by atoms with Crippen LogP contribution in [0.4, 0.5) is 8.78 Å². The lowest BCUT2D eigenvalue weighted by Gasteiger charge is -2.09. The van der Waals surface area contributed by atoms with E-state index in [0.717, 1.165) is 0 Å². The zero-order valence-corrected chi connectivity index (χ0v) is 11.7. The summed E-state index contributed by atoms with van der Waals surface area (Å²) in [6.07, 6.45) is -2.55. The Morgan fingerprint density at radius 3 is 2.33 bits per heavy atom. The minimum absolute atomic E-state index is 0. The maximum atomic E-state index is 12.8. The molecule has 0 radical (unpaired) electrons. The van der Waals surface area contributed by atoms with Gasteiger partial charge in [0.05, 0.1) is 5.69 Å². The molecule has 0 atom stereocenters. The number of pyridine rings is 1. The molecule has 2 aromatic rings. The van der Waals surface area contributed by atoms with Crippen LogP contribution in [0.2, 0.25) is 0 Å². The monoisotopic (exact) mass is 292 g/mol. The van der Waals surface area contributed by atoms with Crippen molar-refractivity contribution in [3.05, 3.63) is 34.1 Å². The highest BCUT2D eigenvalue weighted by molar-refractivity contribution is 5.65. The molecular weight excluding hydrogens is 274 g/mol. The number of halogens is 2. The molecule has 0 saturated carbocycles. The third kappa shape index (κ3) is 2.77. The molecule has 112 valence electrons. The smallest absolute Gasteiger partial charge is 0.257 e. The van der Waals surface area contributed by atoms with E-state index in [9.17, 15) is 8.78 Å². The minimum Gasteiger partial charge on any atom is -0.257 e. The van der Waals surface area contributed by atoms with E-state index in [1.165, 1.54) is 10.7 Å². The first-order valence-corrected chi connectivity index (χ1v) is 6.07. The molecule has 0 unspecified atom stereocenters. The predicted octanol–water partition coefficient (Wildman–Crippen LogP) is 3.85. The molecule has 0 bridgehead atoms. The third-order valence-electron chi connectivity index (χ3n) is 3.29. The summed E-state index contributed by atoms with van der Waals surface area (Å²) in [7, 11) is 1.67. The van der Waals surface area contributed by atoms with Gasteiger partial charge in [-0.1, -0.05) is 7.43 Å². The molecule has 0 amide bonds. The van der Waals surface area contributed by atoms with E-state index in [4.69, 9.17) is 5.26 Å². The van der Waals surface area contributed by atoms with E-state index < -0.39 is 6.43 Å². The van der Waals surface area contributed by atoms with Crippen LogP contribution in [-0.2, 0) is 7.05 Å². The van der Waals surface area contributed by atoms with Gasteiger partial charge in [-0.3, -0.25) is 9.67 Å². The number of aromatic nitrogens is 3. The molecule has 0 aliphatic heterocycles. The summed E-state index contributed by atoms with van der Waals surface area (Å²) < 4.78 is 27.2. The van der Waals surface area contributed by atoms with Crippen LogP contribution in [0.5, 0.6) is 0 Å². The maximum Gasteiger partial charge on any atom is 0.265 e. The second-order valence-corrected chi connectivity index (χ2v) is 4.69. The van der Waals surface area contributed by atoms with E-state index in [-0.39, 0.29) is 18.7 Å². The van der Waals surface area contributed by atoms with Crippen molar-refractivity contribution in [3.8, 4) is 17.5 Å². The van der Waals surface area contributed by atoms with Crippen LogP contribution in [0.3, 0.4) is 0 Å². The van der Waals surface area contributed by atoms with Crippen LogP contribution in [-0.4, -0.2) is 14.8 Å². The van der Waals surface area contributed by atoms with Gasteiger partial charge in [0.15, 0.2) is 0 Å². The summed E-state index contributed by atoms with van der Waals surface area (Å²) in [5, 5.41) is 13.3. The fourth-order valence-electron chi connectivity index (χ4n) is 2.20. The zero-order valence-electron chi connectivity index (χ0n) is 11.7. The average molecular weight is 292 g/mol. The predicted molar refractivity (Wildman–Crippen MR) is 77.1 cm³/mol. The van der Waals surface area contributed by atoms with Gasteiger partial charge in [-0.15, -0.1) is 0 Å². The van der Waals surface area contributed by atoms with Crippen molar-refractivity contribution in [1.29, 1.82) is 5.26 Å². The van der Waals surface area contributed by atoms with Gasteiger partial charge >= 0.3 is 0 Å². The first-order valence-electron chi connectivity index (χ1n) is 6.07. The fourth-order valence-corrected chi connectivity index (χ4v) is 2.20. The molecule has 2 heterocycles. The first kappa shape index (κ1) is 16.8. The first-order chi connectivity index (χ1) is 9.36. The van der Waals surface area contributed by atoms with Crippen LogP contribution in [0.15, 0.2) is 6.07 Å². The van der Waals surface area contributed by atoms with Crippen molar-refractivity contribution < 1.29 is 8.78 Å². The van der Waals surface area contributed by atoms with Crippen LogP contribution in [0.25, 0.3) is 11.4 Å². The van der Waals surface area contributed by atoms with Crippen LogP contribution < -0.4 is 0 Å². The van der Waals surface area contributed by atoms with E-state index in [1.54, 1.807) is 27.8 Å². The average Bonchev–Trinajstić information content (AvgIpc) is 2.66. The summed E-state index contributed by atoms with van der Waals surface area (Å²) in [5.41, 5.74) is 3.08. The van der Waals surface area contributed by atoms with Crippen LogP contribution >= 0.6 is 0 Å². The van der Waals surface area contributed by atoms with E-state index in [2.05, 4.69) is 16.2 Å². The van der Waals surface area contributed by atoms with Crippen LogP contribution in [0.1, 0.15) is 41.9 Å². The number of nitriles is 1. The number of hydrogen-bond donors (Lipinski definition) is 0. The highest BCUT2D eigenvalue weighted by Gasteiger charge is 2.20. The molecule has 0 fully saturated rings. The van der Waals surface area contributed by atoms with Crippen molar-refractivity contribution in [2.24, 2.45) is 7.05 Å². The molecule has 0 N–H and O–H groups in total. The second-order valence-electron chi connectivity index (χ2n) is 4.69. The topological polar surface area (TPSA) is 54.5 Å². The van der Waals surface area contributed by atoms with E-state index in [1.807, 2.05) is 0 Å². The Balaban J connectivity index is 0.00000220. The number of nitrogens with zero attached hydrogens (tertiary/aromatic N) is 4. The molecular formula is C15H18F2N4. The van der Waals surface area contributed by atoms with Gasteiger partial charge in [-0.2, -0.15) is 10.4 Å². The van der Waals surface area contributed by atoms with Gasteiger partial charge in [-0.05, 0) is 32.4 Å². The molecule has 0 saturated heterocycles. The normalized spacial score (nSPS) is 10.4. The number of rotatable bonds is 2. The molecule has 0 aliphatic carbocycles. The molecule has 0 aromatic carbocycles. The van der Waals surface area contributed by atoms with Crippen molar-refractivity contribution >= 4 is 0 Å². The number of alkyl halides is 2. The van der Waals surface area contributed by atoms with Gasteiger partial charge in [0.1, 0.15) is 17.5 Å². The van der Waals surface area contributed by atoms with Crippen molar-refractivity contribution in [1.82, 2.24) is 14.8 Å². The lowest BCUT2D eigenvalue weighted by atomic mass is 10.0. The Hall–Kier alpha value is -2.29. The molecule has 6 heteroatoms. The van der Waals surface area contributed by atoms with Crippen molar-refractivity contribution in [2.75, 3.05) is 0 Å². The molecule has 2 aromatic heterocycles. The molecule has 0 spiro atoms. The molecule has 0 aliphatic rings. The lowest BCUT2D eigenvalue weighted by molar-refractivity contribution is 0.150. The summed E-state index contributed by atoms with van der Waals surface area (Å²) in [4.78, 5) is 4.25. The van der Waals surface area contributed by atoms with Crippen molar-refractivity contribution in [2.45, 2.75) is 34.6 Å². The highest BCUT2D eigenvalue weighted by Crippen LogP contribution is 2.30. The van der Waals surface area contributed by atoms with Gasteiger partial charge in [0, 0.05) is 23.9 Å². The zero-order chi connectivity index (χ0) is 15.0. The van der Waals surface area contributed by atoms with Crippen LogP contribution in [0, 0.1) is 32.1 Å². The number of aryl methyl sites for hydroxylation is 3. The summed E-state index contributed by atoms with van der Waals surface area (Å²) in [5.74, 6) is 0. The second kappa shape index (κ2) is 6.00. The Labute approximate surface area is 123 Å². The van der Waals surface area contributed by atoms with Gasteiger partial charge in [0.2, 0.25) is 0 Å². The van der Waals surface area contributed by atoms with Gasteiger partial charge in [-0.25, -0.2) is 8.78 Å². The quantitative estimate of drug-likeness (QED) is 0.844. The van der Waals surface area contributed by atoms with E-state index in [0.29, 0.717) is 28.2 Å². The number of hydrogen-bond acceptors (Lipinski definition) is 3. The Morgan fingerprint density at radius 1 is 1.24 bits per heavy atom. The largest absolute Gasteiger partial charge is 0.265 e. The molecule has 4 nitrogen and oxygen atoms in total. The SMILES string of the molecule is C.Cc1cc(C(F)F)c(C)nc1-c1nn(C)c(C#N)c1C.